The maximum absolute atomic E-state index is 8.93. The van der Waals surface area contributed by atoms with Crippen molar-refractivity contribution in [2.45, 2.75) is 19.3 Å². The molecule has 1 heterocycles. The molecule has 4 nitrogen and oxygen atoms in total. The van der Waals surface area contributed by atoms with E-state index in [1.807, 2.05) is 0 Å². The molecule has 0 radical (unpaired) electrons. The Morgan fingerprint density at radius 2 is 1.86 bits per heavy atom. The first-order chi connectivity index (χ1) is 6.07. The van der Waals surface area contributed by atoms with Gasteiger partial charge < -0.3 is 15.1 Å². The van der Waals surface area contributed by atoms with Crippen molar-refractivity contribution in [3.8, 4) is 0 Å². The molecule has 70 valence electrons. The maximum atomic E-state index is 8.93. The molecule has 1 aromatic heterocycles. The molecule has 0 aromatic carbocycles. The summed E-state index contributed by atoms with van der Waals surface area (Å²) in [6.45, 7) is -3.43. The molecule has 0 aliphatic heterocycles. The standard InChI is InChI=1S/C8H11BNO3.Li/c11-9(12,13)8-5-4-6-2-1-3-7(6)10-8;/h4-5,11-13H,1-3H2;/q-1;+1. The van der Waals surface area contributed by atoms with Crippen LogP contribution in [0.5, 0.6) is 0 Å². The molecular weight excluding hydrogens is 176 g/mol. The molecule has 0 spiro atoms. The quantitative estimate of drug-likeness (QED) is 0.389. The molecule has 1 aliphatic carbocycles. The van der Waals surface area contributed by atoms with Crippen LogP contribution < -0.4 is 24.5 Å². The molecule has 0 atom stereocenters. The second kappa shape index (κ2) is 4.05. The van der Waals surface area contributed by atoms with Crippen LogP contribution >= 0.6 is 0 Å². The summed E-state index contributed by atoms with van der Waals surface area (Å²) in [4.78, 5) is 4.00. The SMILES string of the molecule is O[B-](O)(O)c1ccc2c(n1)CCC2.[Li+]. The number of hydrogen-bond donors (Lipinski definition) is 3. The topological polar surface area (TPSA) is 73.6 Å². The van der Waals surface area contributed by atoms with Gasteiger partial charge in [-0.25, -0.2) is 0 Å². The van der Waals surface area contributed by atoms with Crippen LogP contribution in [0, 0.1) is 0 Å². The zero-order chi connectivity index (χ0) is 9.47. The van der Waals surface area contributed by atoms with Gasteiger partial charge in [0.05, 0.1) is 0 Å². The van der Waals surface area contributed by atoms with Gasteiger partial charge in [-0.2, -0.15) is 0 Å². The normalized spacial score (nSPS) is 14.8. The molecule has 0 unspecified atom stereocenters. The summed E-state index contributed by atoms with van der Waals surface area (Å²) in [7, 11) is 0. The Morgan fingerprint density at radius 3 is 2.50 bits per heavy atom. The molecule has 0 fully saturated rings. The van der Waals surface area contributed by atoms with Crippen LogP contribution in [0.25, 0.3) is 0 Å². The molecule has 0 saturated carbocycles. The monoisotopic (exact) mass is 187 g/mol. The van der Waals surface area contributed by atoms with Crippen molar-refractivity contribution in [2.75, 3.05) is 0 Å². The van der Waals surface area contributed by atoms with Crippen LogP contribution in [0.1, 0.15) is 17.7 Å². The molecule has 1 aromatic rings. The van der Waals surface area contributed by atoms with E-state index in [9.17, 15) is 0 Å². The molecule has 0 saturated heterocycles. The second-order valence-corrected chi connectivity index (χ2v) is 3.43. The first-order valence-electron chi connectivity index (χ1n) is 4.38. The Labute approximate surface area is 94.2 Å². The minimum absolute atomic E-state index is 0. The maximum Gasteiger partial charge on any atom is 1.00 e. The largest absolute Gasteiger partial charge is 1.00 e. The van der Waals surface area contributed by atoms with E-state index in [0.29, 0.717) is 0 Å². The van der Waals surface area contributed by atoms with E-state index in [4.69, 9.17) is 15.1 Å². The minimum atomic E-state index is -3.43. The summed E-state index contributed by atoms with van der Waals surface area (Å²) in [5, 5.41) is 26.8. The summed E-state index contributed by atoms with van der Waals surface area (Å²) in [5.74, 6) is 0. The van der Waals surface area contributed by atoms with Gasteiger partial charge >= 0.3 is 25.6 Å². The number of aryl methyl sites for hydroxylation is 2. The first-order valence-corrected chi connectivity index (χ1v) is 4.38. The van der Waals surface area contributed by atoms with Gasteiger partial charge in [0.15, 0.2) is 0 Å². The van der Waals surface area contributed by atoms with E-state index in [2.05, 4.69) is 4.98 Å². The number of hydrogen-bond acceptors (Lipinski definition) is 4. The Hall–Kier alpha value is -0.308. The third-order valence-corrected chi connectivity index (χ3v) is 2.35. The van der Waals surface area contributed by atoms with Crippen molar-refractivity contribution < 1.29 is 33.9 Å². The van der Waals surface area contributed by atoms with Crippen molar-refractivity contribution >= 4 is 12.3 Å². The molecule has 6 heteroatoms. The van der Waals surface area contributed by atoms with Gasteiger partial charge in [0.25, 0.3) is 0 Å². The van der Waals surface area contributed by atoms with Gasteiger partial charge in [0.2, 0.25) is 0 Å². The third-order valence-electron chi connectivity index (χ3n) is 2.35. The number of rotatable bonds is 1. The average molecular weight is 187 g/mol. The zero-order valence-corrected chi connectivity index (χ0v) is 8.14. The smallest absolute Gasteiger partial charge is 0.555 e. The van der Waals surface area contributed by atoms with E-state index in [-0.39, 0.29) is 24.5 Å². The average Bonchev–Trinajstić information content (AvgIpc) is 2.47. The van der Waals surface area contributed by atoms with Crippen molar-refractivity contribution in [2.24, 2.45) is 0 Å². The summed E-state index contributed by atoms with van der Waals surface area (Å²) < 4.78 is 0. The van der Waals surface area contributed by atoms with Crippen molar-refractivity contribution in [1.29, 1.82) is 0 Å². The number of nitrogens with zero attached hydrogens (tertiary/aromatic N) is 1. The van der Waals surface area contributed by atoms with Crippen LogP contribution in [0.4, 0.5) is 0 Å². The van der Waals surface area contributed by atoms with E-state index >= 15 is 0 Å². The fraction of sp³-hybridized carbons (Fsp3) is 0.375. The fourth-order valence-corrected chi connectivity index (χ4v) is 1.65. The van der Waals surface area contributed by atoms with Crippen molar-refractivity contribution in [3.63, 3.8) is 0 Å². The van der Waals surface area contributed by atoms with Crippen LogP contribution in [0.15, 0.2) is 12.1 Å². The Kier molecular flexibility index (Phi) is 3.41. The van der Waals surface area contributed by atoms with Crippen LogP contribution in [0.3, 0.4) is 0 Å². The first kappa shape index (κ1) is 11.8. The summed E-state index contributed by atoms with van der Waals surface area (Å²) >= 11 is 0. The Morgan fingerprint density at radius 1 is 1.14 bits per heavy atom. The number of pyridine rings is 1. The molecule has 1 aliphatic rings. The van der Waals surface area contributed by atoms with Crippen LogP contribution in [-0.4, -0.2) is 26.8 Å². The van der Waals surface area contributed by atoms with Gasteiger partial charge in [-0.15, -0.1) is 0 Å². The van der Waals surface area contributed by atoms with Gasteiger partial charge in [-0.05, 0) is 30.4 Å². The van der Waals surface area contributed by atoms with E-state index in [1.54, 1.807) is 6.07 Å². The predicted octanol–water partition coefficient (Wildman–Crippen LogP) is -4.30. The van der Waals surface area contributed by atoms with E-state index in [1.165, 1.54) is 6.07 Å². The zero-order valence-electron chi connectivity index (χ0n) is 8.14. The Bertz CT molecular complexity index is 340. The summed E-state index contributed by atoms with van der Waals surface area (Å²) in [6.07, 6.45) is 2.90. The molecular formula is C8H11BLiNO3. The fourth-order valence-electron chi connectivity index (χ4n) is 1.65. The number of aromatic nitrogens is 1. The van der Waals surface area contributed by atoms with Gasteiger partial charge in [0, 0.05) is 5.69 Å². The predicted molar refractivity (Wildman–Crippen MR) is 48.3 cm³/mol. The molecule has 0 amide bonds. The Balaban J connectivity index is 0.000000980. The molecule has 14 heavy (non-hydrogen) atoms. The van der Waals surface area contributed by atoms with Gasteiger partial charge in [-0.1, -0.05) is 12.1 Å². The third kappa shape index (κ3) is 2.19. The van der Waals surface area contributed by atoms with E-state index in [0.717, 1.165) is 30.5 Å². The van der Waals surface area contributed by atoms with Gasteiger partial charge in [0.1, 0.15) is 0 Å². The second-order valence-electron chi connectivity index (χ2n) is 3.43. The number of fused-ring (bicyclic) bond motifs is 1. The summed E-state index contributed by atoms with van der Waals surface area (Å²) in [5.41, 5.74) is 1.98. The van der Waals surface area contributed by atoms with Crippen molar-refractivity contribution in [3.05, 3.63) is 23.4 Å². The van der Waals surface area contributed by atoms with Crippen LogP contribution in [0.2, 0.25) is 0 Å². The molecule has 3 N–H and O–H groups in total. The van der Waals surface area contributed by atoms with Crippen LogP contribution in [-0.2, 0) is 12.8 Å². The molecule has 2 rings (SSSR count). The minimum Gasteiger partial charge on any atom is -0.555 e. The van der Waals surface area contributed by atoms with Gasteiger partial charge in [-0.3, -0.25) is 4.98 Å². The van der Waals surface area contributed by atoms with Crippen molar-refractivity contribution in [1.82, 2.24) is 4.98 Å². The molecule has 0 bridgehead atoms. The van der Waals surface area contributed by atoms with E-state index < -0.39 is 6.75 Å². The summed E-state index contributed by atoms with van der Waals surface area (Å²) in [6, 6.07) is 3.26.